The van der Waals surface area contributed by atoms with Gasteiger partial charge in [0.2, 0.25) is 10.0 Å². The number of nitro benzene ring substituents is 1. The third kappa shape index (κ3) is 7.33. The van der Waals surface area contributed by atoms with E-state index in [4.69, 9.17) is 4.55 Å². The smallest absolute Gasteiger partial charge is 0.271 e. The third-order valence-electron chi connectivity index (χ3n) is 5.73. The summed E-state index contributed by atoms with van der Waals surface area (Å²) in [5.74, 6) is -0.474. The molecule has 1 aliphatic rings. The number of benzene rings is 1. The lowest BCUT2D eigenvalue weighted by atomic mass is 10.1. The molecule has 1 heterocycles. The molecule has 188 valence electrons. The zero-order valence-corrected chi connectivity index (χ0v) is 22.2. The first kappa shape index (κ1) is 27.9. The van der Waals surface area contributed by atoms with E-state index in [-0.39, 0.29) is 29.6 Å². The van der Waals surface area contributed by atoms with E-state index < -0.39 is 30.8 Å². The Labute approximate surface area is 203 Å². The molecule has 1 N–H and O–H groups in total. The van der Waals surface area contributed by atoms with Crippen LogP contribution in [0.5, 0.6) is 0 Å². The summed E-state index contributed by atoms with van der Waals surface area (Å²) in [5, 5.41) is 12.0. The molecule has 0 saturated carbocycles. The van der Waals surface area contributed by atoms with Crippen molar-refractivity contribution < 1.29 is 26.3 Å². The van der Waals surface area contributed by atoms with Crippen LogP contribution in [0.3, 0.4) is 0 Å². The van der Waals surface area contributed by atoms with Crippen LogP contribution >= 0.6 is 15.9 Å². The van der Waals surface area contributed by atoms with Gasteiger partial charge in [0.05, 0.1) is 16.4 Å². The van der Waals surface area contributed by atoms with Gasteiger partial charge in [-0.05, 0) is 45.8 Å². The maximum atomic E-state index is 13.7. The molecule has 0 aliphatic carbocycles. The molecule has 0 bridgehead atoms. The molecule has 1 aromatic carbocycles. The van der Waals surface area contributed by atoms with Crippen molar-refractivity contribution in [1.29, 1.82) is 0 Å². The number of halogens is 1. The van der Waals surface area contributed by atoms with E-state index in [2.05, 4.69) is 20.8 Å². The second-order valence-electron chi connectivity index (χ2n) is 8.28. The first-order valence-electron chi connectivity index (χ1n) is 10.5. The van der Waals surface area contributed by atoms with Crippen LogP contribution in [0.15, 0.2) is 17.0 Å². The molecule has 0 aromatic heterocycles. The number of anilines is 1. The number of non-ortho nitro benzene ring substituents is 1. The summed E-state index contributed by atoms with van der Waals surface area (Å²) in [7, 11) is -4.33. The Morgan fingerprint density at radius 3 is 2.27 bits per heavy atom. The van der Waals surface area contributed by atoms with E-state index in [0.717, 1.165) is 6.07 Å². The van der Waals surface area contributed by atoms with E-state index in [1.54, 1.807) is 11.8 Å². The van der Waals surface area contributed by atoms with Crippen molar-refractivity contribution in [2.75, 3.05) is 56.3 Å². The van der Waals surface area contributed by atoms with Gasteiger partial charge >= 0.3 is 0 Å². The van der Waals surface area contributed by atoms with Crippen LogP contribution in [0.4, 0.5) is 11.4 Å². The van der Waals surface area contributed by atoms with Gasteiger partial charge in [-0.1, -0.05) is 15.9 Å². The topological polar surface area (TPSA) is 141 Å². The van der Waals surface area contributed by atoms with E-state index in [9.17, 15) is 26.9 Å². The van der Waals surface area contributed by atoms with Gasteiger partial charge in [0.1, 0.15) is 4.90 Å². The van der Waals surface area contributed by atoms with Crippen molar-refractivity contribution in [2.24, 2.45) is 0 Å². The van der Waals surface area contributed by atoms with Crippen molar-refractivity contribution >= 4 is 47.4 Å². The molecular weight excluding hydrogens is 540 g/mol. The van der Waals surface area contributed by atoms with Crippen molar-refractivity contribution in [3.8, 4) is 0 Å². The number of rotatable bonds is 11. The summed E-state index contributed by atoms with van der Waals surface area (Å²) >= 11 is 3.33. The Hall–Kier alpha value is -1.32. The molecule has 2 rings (SSSR count). The number of hydrogen-bond acceptors (Lipinski definition) is 8. The van der Waals surface area contributed by atoms with Gasteiger partial charge in [0.15, 0.2) is 0 Å². The number of nitrogens with zero attached hydrogens (tertiary/aromatic N) is 4. The van der Waals surface area contributed by atoms with Gasteiger partial charge < -0.3 is 9.80 Å². The highest BCUT2D eigenvalue weighted by atomic mass is 79.9. The summed E-state index contributed by atoms with van der Waals surface area (Å²) in [5.41, 5.74) is 0.388. The van der Waals surface area contributed by atoms with Gasteiger partial charge in [-0.3, -0.25) is 14.7 Å². The predicted molar refractivity (Wildman–Crippen MR) is 130 cm³/mol. The van der Waals surface area contributed by atoms with Crippen LogP contribution in [0, 0.1) is 17.0 Å². The molecular formula is C19H31BrN4O7S2. The van der Waals surface area contributed by atoms with Crippen molar-refractivity contribution in [3.05, 3.63) is 27.8 Å². The Kier molecular flexibility index (Phi) is 9.65. The van der Waals surface area contributed by atoms with Crippen molar-refractivity contribution in [3.63, 3.8) is 0 Å². The average molecular weight is 572 g/mol. The Bertz CT molecular complexity index is 1060. The number of nitro groups is 1. The van der Waals surface area contributed by atoms with E-state index in [1.807, 2.05) is 14.1 Å². The van der Waals surface area contributed by atoms with Crippen LogP contribution in [0.25, 0.3) is 0 Å². The monoisotopic (exact) mass is 570 g/mol. The van der Waals surface area contributed by atoms with Gasteiger partial charge in [-0.25, -0.2) is 8.42 Å². The molecule has 0 amide bonds. The minimum Gasteiger partial charge on any atom is -0.369 e. The molecule has 1 saturated heterocycles. The van der Waals surface area contributed by atoms with Crippen LogP contribution < -0.4 is 4.90 Å². The lowest BCUT2D eigenvalue weighted by molar-refractivity contribution is -0.385. The van der Waals surface area contributed by atoms with Gasteiger partial charge in [-0.2, -0.15) is 12.7 Å². The Morgan fingerprint density at radius 1 is 1.18 bits per heavy atom. The Morgan fingerprint density at radius 2 is 1.79 bits per heavy atom. The van der Waals surface area contributed by atoms with Gasteiger partial charge in [0.25, 0.3) is 15.8 Å². The van der Waals surface area contributed by atoms with E-state index in [0.29, 0.717) is 49.1 Å². The average Bonchev–Trinajstić information content (AvgIpc) is 2.71. The maximum absolute atomic E-state index is 13.7. The molecule has 0 unspecified atom stereocenters. The summed E-state index contributed by atoms with van der Waals surface area (Å²) < 4.78 is 60.1. The summed E-state index contributed by atoms with van der Waals surface area (Å²) in [6.07, 6.45) is 1.36. The van der Waals surface area contributed by atoms with Crippen LogP contribution in [-0.2, 0) is 20.1 Å². The second-order valence-corrected chi connectivity index (χ2v) is 12.6. The van der Waals surface area contributed by atoms with Gasteiger partial charge in [-0.15, -0.1) is 0 Å². The zero-order valence-electron chi connectivity index (χ0n) is 19.0. The van der Waals surface area contributed by atoms with Crippen LogP contribution in [0.2, 0.25) is 0 Å². The highest BCUT2D eigenvalue weighted by Gasteiger charge is 2.34. The third-order valence-corrected chi connectivity index (χ3v) is 8.80. The van der Waals surface area contributed by atoms with Crippen LogP contribution in [0.1, 0.15) is 24.8 Å². The van der Waals surface area contributed by atoms with E-state index in [1.165, 1.54) is 10.4 Å². The molecule has 0 atom stereocenters. The second kappa shape index (κ2) is 11.4. The SMILES string of the molecule is Cc1cc([N+](=O)[O-])cc(S(=O)(=O)N2CCC(N(C)C)CC2)c1N(CCBr)CCCS(=O)(=O)O. The quantitative estimate of drug-likeness (QED) is 0.183. The summed E-state index contributed by atoms with van der Waals surface area (Å²) in [6, 6.07) is 2.66. The number of alkyl halides is 1. The molecule has 0 spiro atoms. The number of piperidine rings is 1. The minimum absolute atomic E-state index is 0.0655. The molecule has 1 aliphatic heterocycles. The van der Waals surface area contributed by atoms with Crippen molar-refractivity contribution in [1.82, 2.24) is 9.21 Å². The zero-order chi connectivity index (χ0) is 25.0. The fraction of sp³-hybridized carbons (Fsp3) is 0.684. The van der Waals surface area contributed by atoms with Crippen molar-refractivity contribution in [2.45, 2.75) is 37.1 Å². The predicted octanol–water partition coefficient (Wildman–Crippen LogP) is 2.10. The highest BCUT2D eigenvalue weighted by molar-refractivity contribution is 9.09. The molecule has 33 heavy (non-hydrogen) atoms. The van der Waals surface area contributed by atoms with E-state index >= 15 is 0 Å². The lowest BCUT2D eigenvalue weighted by Gasteiger charge is -2.35. The number of sulfonamides is 1. The summed E-state index contributed by atoms with van der Waals surface area (Å²) in [4.78, 5) is 14.5. The molecule has 1 aromatic rings. The first-order chi connectivity index (χ1) is 15.3. The summed E-state index contributed by atoms with van der Waals surface area (Å²) in [6.45, 7) is 2.69. The lowest BCUT2D eigenvalue weighted by Crippen LogP contribution is -2.44. The standard InChI is InChI=1S/C19H31BrN4O7S2/c1-15-13-17(24(25)26)14-18(19(15)22(11-7-20)8-4-12-32(27,28)29)33(30,31)23-9-5-16(6-10-23)21(2)3/h13-14,16H,4-12H2,1-3H3,(H,27,28,29). The fourth-order valence-corrected chi connectivity index (χ4v) is 6.75. The molecule has 14 heteroatoms. The molecule has 1 fully saturated rings. The first-order valence-corrected chi connectivity index (χ1v) is 14.7. The Balaban J connectivity index is 2.51. The van der Waals surface area contributed by atoms with Gasteiger partial charge in [0, 0.05) is 49.7 Å². The maximum Gasteiger partial charge on any atom is 0.271 e. The fourth-order valence-electron chi connectivity index (χ4n) is 4.05. The number of hydrogen-bond donors (Lipinski definition) is 1. The van der Waals surface area contributed by atoms with Crippen LogP contribution in [-0.4, -0.2) is 92.9 Å². The molecule has 0 radical (unpaired) electrons. The number of aryl methyl sites for hydroxylation is 1. The molecule has 11 nitrogen and oxygen atoms in total. The largest absolute Gasteiger partial charge is 0.369 e. The minimum atomic E-state index is -4.17. The highest BCUT2D eigenvalue weighted by Crippen LogP contribution is 2.36. The normalized spacial score (nSPS) is 16.3.